The molecule has 0 aliphatic heterocycles. The van der Waals surface area contributed by atoms with Crippen molar-refractivity contribution in [3.05, 3.63) is 105 Å². The smallest absolute Gasteiger partial charge is 0.229 e. The predicted molar refractivity (Wildman–Crippen MR) is 139 cm³/mol. The number of aryl methyl sites for hydroxylation is 2. The van der Waals surface area contributed by atoms with Crippen LogP contribution in [0.2, 0.25) is 0 Å². The summed E-state index contributed by atoms with van der Waals surface area (Å²) in [7, 11) is 1.64. The van der Waals surface area contributed by atoms with Gasteiger partial charge in [0.25, 0.3) is 0 Å². The molecule has 4 aromatic rings. The maximum atomic E-state index is 12.7. The Balaban J connectivity index is 1.56. The van der Waals surface area contributed by atoms with Crippen molar-refractivity contribution >= 4 is 34.3 Å². The number of ether oxygens (including phenoxy) is 1. The minimum atomic E-state index is -0.108. The van der Waals surface area contributed by atoms with E-state index in [9.17, 15) is 4.79 Å². The van der Waals surface area contributed by atoms with Gasteiger partial charge in [-0.05, 0) is 83.0 Å². The van der Waals surface area contributed by atoms with Crippen molar-refractivity contribution < 1.29 is 9.53 Å². The number of amides is 1. The van der Waals surface area contributed by atoms with Gasteiger partial charge in [-0.1, -0.05) is 42.5 Å². The van der Waals surface area contributed by atoms with Crippen molar-refractivity contribution in [2.75, 3.05) is 12.4 Å². The van der Waals surface area contributed by atoms with E-state index < -0.39 is 0 Å². The van der Waals surface area contributed by atoms with Crippen LogP contribution in [0.4, 0.5) is 5.82 Å². The van der Waals surface area contributed by atoms with E-state index in [4.69, 9.17) is 9.72 Å². The summed E-state index contributed by atoms with van der Waals surface area (Å²) in [5.74, 6) is 1.19. The van der Waals surface area contributed by atoms with Gasteiger partial charge < -0.3 is 10.1 Å². The highest BCUT2D eigenvalue weighted by Crippen LogP contribution is 2.23. The lowest BCUT2D eigenvalue weighted by atomic mass is 10.1. The summed E-state index contributed by atoms with van der Waals surface area (Å²) in [4.78, 5) is 22.2. The lowest BCUT2D eigenvalue weighted by Crippen LogP contribution is -2.17. The molecule has 1 amide bonds. The molecule has 0 spiro atoms. The van der Waals surface area contributed by atoms with Crippen LogP contribution >= 0.6 is 22.6 Å². The molecular weight excluding hydrogens is 525 g/mol. The number of nitrogens with one attached hydrogen (secondary N) is 1. The SMILES string of the molecule is COc1ccc(-c2cnc(NC(=O)Cc3ccc(I)cc3)c(CCc3ccccc3)n2)cc1. The van der Waals surface area contributed by atoms with Gasteiger partial charge in [-0.25, -0.2) is 9.97 Å². The fourth-order valence-corrected chi connectivity index (χ4v) is 3.84. The van der Waals surface area contributed by atoms with E-state index in [-0.39, 0.29) is 12.3 Å². The Hall–Kier alpha value is -3.26. The molecule has 3 aromatic carbocycles. The quantitative estimate of drug-likeness (QED) is 0.286. The monoisotopic (exact) mass is 549 g/mol. The fourth-order valence-electron chi connectivity index (χ4n) is 3.48. The third kappa shape index (κ3) is 6.38. The minimum absolute atomic E-state index is 0.108. The molecule has 33 heavy (non-hydrogen) atoms. The van der Waals surface area contributed by atoms with Crippen LogP contribution in [0.25, 0.3) is 11.3 Å². The summed E-state index contributed by atoms with van der Waals surface area (Å²) in [6, 6.07) is 25.9. The van der Waals surface area contributed by atoms with E-state index in [1.807, 2.05) is 66.7 Å². The molecule has 1 heterocycles. The Bertz CT molecular complexity index is 1210. The number of methoxy groups -OCH3 is 1. The zero-order valence-electron chi connectivity index (χ0n) is 18.3. The largest absolute Gasteiger partial charge is 0.497 e. The molecule has 0 radical (unpaired) electrons. The molecule has 0 aliphatic carbocycles. The molecule has 166 valence electrons. The number of carbonyl (C=O) groups is 1. The minimum Gasteiger partial charge on any atom is -0.497 e. The number of aromatic nitrogens is 2. The zero-order valence-corrected chi connectivity index (χ0v) is 20.5. The Morgan fingerprint density at radius 2 is 1.64 bits per heavy atom. The second kappa shape index (κ2) is 11.0. The van der Waals surface area contributed by atoms with Gasteiger partial charge in [-0.3, -0.25) is 4.79 Å². The van der Waals surface area contributed by atoms with Gasteiger partial charge in [0.2, 0.25) is 5.91 Å². The molecule has 6 heteroatoms. The average molecular weight is 549 g/mol. The lowest BCUT2D eigenvalue weighted by Gasteiger charge is -2.12. The number of rotatable bonds is 8. The first-order valence-corrected chi connectivity index (χ1v) is 11.8. The van der Waals surface area contributed by atoms with E-state index in [1.165, 1.54) is 5.56 Å². The van der Waals surface area contributed by atoms with E-state index in [2.05, 4.69) is 45.0 Å². The van der Waals surface area contributed by atoms with Crippen LogP contribution < -0.4 is 10.1 Å². The second-order valence-electron chi connectivity index (χ2n) is 7.62. The normalized spacial score (nSPS) is 10.6. The van der Waals surface area contributed by atoms with Crippen LogP contribution in [0.5, 0.6) is 5.75 Å². The van der Waals surface area contributed by atoms with Gasteiger partial charge in [-0.15, -0.1) is 0 Å². The number of halogens is 1. The summed E-state index contributed by atoms with van der Waals surface area (Å²) in [6.45, 7) is 0. The maximum Gasteiger partial charge on any atom is 0.229 e. The van der Waals surface area contributed by atoms with Crippen molar-refractivity contribution in [3.63, 3.8) is 0 Å². The summed E-state index contributed by atoms with van der Waals surface area (Å²) >= 11 is 2.25. The first-order chi connectivity index (χ1) is 16.1. The van der Waals surface area contributed by atoms with Crippen LogP contribution in [0, 0.1) is 3.57 Å². The highest BCUT2D eigenvalue weighted by Gasteiger charge is 2.13. The van der Waals surface area contributed by atoms with Crippen LogP contribution in [-0.2, 0) is 24.1 Å². The van der Waals surface area contributed by atoms with E-state index in [0.29, 0.717) is 12.2 Å². The number of nitrogens with zero attached hydrogens (tertiary/aromatic N) is 2. The molecule has 5 nitrogen and oxygen atoms in total. The molecule has 4 rings (SSSR count). The van der Waals surface area contributed by atoms with Crippen molar-refractivity contribution in [2.45, 2.75) is 19.3 Å². The van der Waals surface area contributed by atoms with Gasteiger partial charge in [0.15, 0.2) is 5.82 Å². The fraction of sp³-hybridized carbons (Fsp3) is 0.148. The number of anilines is 1. The van der Waals surface area contributed by atoms with E-state index >= 15 is 0 Å². The van der Waals surface area contributed by atoms with Gasteiger partial charge in [-0.2, -0.15) is 0 Å². The van der Waals surface area contributed by atoms with Gasteiger partial charge in [0.05, 0.1) is 31.1 Å². The molecule has 0 saturated carbocycles. The van der Waals surface area contributed by atoms with Crippen LogP contribution in [0.3, 0.4) is 0 Å². The van der Waals surface area contributed by atoms with E-state index in [0.717, 1.165) is 38.3 Å². The highest BCUT2D eigenvalue weighted by molar-refractivity contribution is 14.1. The second-order valence-corrected chi connectivity index (χ2v) is 8.86. The maximum absolute atomic E-state index is 12.7. The number of carbonyl (C=O) groups excluding carboxylic acids is 1. The molecule has 1 N–H and O–H groups in total. The van der Waals surface area contributed by atoms with Gasteiger partial charge in [0, 0.05) is 9.13 Å². The van der Waals surface area contributed by atoms with Gasteiger partial charge >= 0.3 is 0 Å². The summed E-state index contributed by atoms with van der Waals surface area (Å²) < 4.78 is 6.39. The molecule has 0 unspecified atom stereocenters. The standard InChI is InChI=1S/C27H24IN3O2/c1-33-23-14-10-21(11-15-23)25-18-29-27(24(30-25)16-9-19-5-3-2-4-6-19)31-26(32)17-20-7-12-22(28)13-8-20/h2-8,10-15,18H,9,16-17H2,1H3,(H,29,31,32). The predicted octanol–water partition coefficient (Wildman–Crippen LogP) is 5.72. The summed E-state index contributed by atoms with van der Waals surface area (Å²) in [5.41, 5.74) is 4.65. The van der Waals surface area contributed by atoms with Crippen molar-refractivity contribution in [1.29, 1.82) is 0 Å². The van der Waals surface area contributed by atoms with Gasteiger partial charge in [0.1, 0.15) is 5.75 Å². The molecular formula is C27H24IN3O2. The summed E-state index contributed by atoms with van der Waals surface area (Å²) in [5, 5.41) is 2.97. The van der Waals surface area contributed by atoms with Crippen molar-refractivity contribution in [3.8, 4) is 17.0 Å². The summed E-state index contributed by atoms with van der Waals surface area (Å²) in [6.07, 6.45) is 3.47. The molecule has 0 aliphatic rings. The molecule has 0 bridgehead atoms. The average Bonchev–Trinajstić information content (AvgIpc) is 2.85. The third-order valence-electron chi connectivity index (χ3n) is 5.26. The topological polar surface area (TPSA) is 64.1 Å². The number of hydrogen-bond donors (Lipinski definition) is 1. The van der Waals surface area contributed by atoms with Crippen LogP contribution in [0.1, 0.15) is 16.8 Å². The Kier molecular flexibility index (Phi) is 7.67. The van der Waals surface area contributed by atoms with Crippen molar-refractivity contribution in [2.24, 2.45) is 0 Å². The Morgan fingerprint density at radius 1 is 0.909 bits per heavy atom. The molecule has 0 fully saturated rings. The van der Waals surface area contributed by atoms with Crippen molar-refractivity contribution in [1.82, 2.24) is 9.97 Å². The zero-order chi connectivity index (χ0) is 23.0. The first-order valence-electron chi connectivity index (χ1n) is 10.7. The third-order valence-corrected chi connectivity index (χ3v) is 5.98. The Labute approximate surface area is 207 Å². The lowest BCUT2D eigenvalue weighted by molar-refractivity contribution is -0.115. The molecule has 0 saturated heterocycles. The van der Waals surface area contributed by atoms with Crippen LogP contribution in [0.15, 0.2) is 85.1 Å². The molecule has 1 aromatic heterocycles. The van der Waals surface area contributed by atoms with Crippen LogP contribution in [-0.4, -0.2) is 23.0 Å². The Morgan fingerprint density at radius 3 is 2.33 bits per heavy atom. The molecule has 0 atom stereocenters. The van der Waals surface area contributed by atoms with E-state index in [1.54, 1.807) is 13.3 Å². The highest BCUT2D eigenvalue weighted by atomic mass is 127. The number of benzene rings is 3. The first kappa shape index (κ1) is 22.9. The number of hydrogen-bond acceptors (Lipinski definition) is 4.